The normalized spacial score (nSPS) is 13.7. The highest BCUT2D eigenvalue weighted by atomic mass is 16.4. The number of nitrogens with one attached hydrogen (secondary N) is 2. The van der Waals surface area contributed by atoms with Crippen LogP contribution >= 0.6 is 0 Å². The summed E-state index contributed by atoms with van der Waals surface area (Å²) >= 11 is 0. The highest BCUT2D eigenvalue weighted by molar-refractivity contribution is 5.74. The zero-order valence-corrected chi connectivity index (χ0v) is 12.1. The molecule has 5 heteroatoms. The van der Waals surface area contributed by atoms with Gasteiger partial charge in [0.1, 0.15) is 0 Å². The Labute approximate surface area is 115 Å². The number of rotatable bonds is 9. The SMILES string of the molecule is C=CC(C)NC(=O)NCCC(CCC(=O)O)C(C)C. The van der Waals surface area contributed by atoms with E-state index in [1.807, 2.05) is 6.92 Å². The van der Waals surface area contributed by atoms with Gasteiger partial charge in [0, 0.05) is 19.0 Å². The summed E-state index contributed by atoms with van der Waals surface area (Å²) in [4.78, 5) is 22.0. The Morgan fingerprint density at radius 1 is 1.26 bits per heavy atom. The molecule has 0 spiro atoms. The molecule has 0 aliphatic carbocycles. The maximum Gasteiger partial charge on any atom is 0.315 e. The van der Waals surface area contributed by atoms with Crippen LogP contribution in [0.2, 0.25) is 0 Å². The van der Waals surface area contributed by atoms with E-state index in [1.165, 1.54) is 0 Å². The molecule has 0 aromatic heterocycles. The number of hydrogen-bond acceptors (Lipinski definition) is 2. The predicted octanol–water partition coefficient (Wildman–Crippen LogP) is 2.39. The van der Waals surface area contributed by atoms with Crippen molar-refractivity contribution in [2.45, 2.75) is 46.1 Å². The van der Waals surface area contributed by atoms with Crippen LogP contribution < -0.4 is 10.6 Å². The van der Waals surface area contributed by atoms with Crippen molar-refractivity contribution in [3.05, 3.63) is 12.7 Å². The third kappa shape index (κ3) is 9.11. The number of hydrogen-bond donors (Lipinski definition) is 3. The summed E-state index contributed by atoms with van der Waals surface area (Å²) in [5.74, 6) is -0.0410. The second-order valence-corrected chi connectivity index (χ2v) is 5.15. The van der Waals surface area contributed by atoms with Crippen molar-refractivity contribution < 1.29 is 14.7 Å². The smallest absolute Gasteiger partial charge is 0.315 e. The van der Waals surface area contributed by atoms with Gasteiger partial charge in [0.2, 0.25) is 0 Å². The zero-order chi connectivity index (χ0) is 14.8. The number of amides is 2. The maximum absolute atomic E-state index is 11.5. The minimum atomic E-state index is -0.767. The lowest BCUT2D eigenvalue weighted by Gasteiger charge is -2.20. The standard InChI is InChI=1S/C14H26N2O3/c1-5-11(4)16-14(19)15-9-8-12(10(2)3)6-7-13(17)18/h5,10-12H,1,6-9H2,2-4H3,(H,17,18)(H2,15,16,19). The first-order valence-electron chi connectivity index (χ1n) is 6.75. The Morgan fingerprint density at radius 2 is 1.89 bits per heavy atom. The quantitative estimate of drug-likeness (QED) is 0.563. The molecule has 0 aromatic carbocycles. The van der Waals surface area contributed by atoms with E-state index < -0.39 is 5.97 Å². The third-order valence-corrected chi connectivity index (χ3v) is 3.18. The van der Waals surface area contributed by atoms with Crippen LogP contribution in [0.1, 0.15) is 40.0 Å². The van der Waals surface area contributed by atoms with Gasteiger partial charge in [-0.15, -0.1) is 6.58 Å². The molecule has 0 saturated heterocycles. The summed E-state index contributed by atoms with van der Waals surface area (Å²) in [5.41, 5.74) is 0. The molecule has 0 bridgehead atoms. The molecule has 19 heavy (non-hydrogen) atoms. The van der Waals surface area contributed by atoms with E-state index >= 15 is 0 Å². The minimum absolute atomic E-state index is 0.0621. The molecule has 2 amide bonds. The van der Waals surface area contributed by atoms with Crippen molar-refractivity contribution in [2.24, 2.45) is 11.8 Å². The van der Waals surface area contributed by atoms with E-state index in [0.717, 1.165) is 6.42 Å². The second kappa shape index (κ2) is 9.42. The lowest BCUT2D eigenvalue weighted by Crippen LogP contribution is -2.40. The predicted molar refractivity (Wildman–Crippen MR) is 76.0 cm³/mol. The van der Waals surface area contributed by atoms with E-state index in [1.54, 1.807) is 6.08 Å². The topological polar surface area (TPSA) is 78.4 Å². The molecule has 0 saturated carbocycles. The highest BCUT2D eigenvalue weighted by Gasteiger charge is 2.15. The van der Waals surface area contributed by atoms with Gasteiger partial charge in [-0.25, -0.2) is 4.79 Å². The van der Waals surface area contributed by atoms with Gasteiger partial charge in [0.25, 0.3) is 0 Å². The minimum Gasteiger partial charge on any atom is -0.481 e. The number of carboxylic acids is 1. The van der Waals surface area contributed by atoms with Crippen molar-refractivity contribution in [3.63, 3.8) is 0 Å². The number of carboxylic acid groups (broad SMARTS) is 1. The lowest BCUT2D eigenvalue weighted by molar-refractivity contribution is -0.137. The molecule has 0 fully saturated rings. The molecule has 110 valence electrons. The Morgan fingerprint density at radius 3 is 2.37 bits per heavy atom. The van der Waals surface area contributed by atoms with Gasteiger partial charge in [-0.2, -0.15) is 0 Å². The Kier molecular flexibility index (Phi) is 8.66. The highest BCUT2D eigenvalue weighted by Crippen LogP contribution is 2.20. The molecule has 2 unspecified atom stereocenters. The van der Waals surface area contributed by atoms with Crippen molar-refractivity contribution >= 4 is 12.0 Å². The van der Waals surface area contributed by atoms with Gasteiger partial charge in [-0.3, -0.25) is 4.79 Å². The van der Waals surface area contributed by atoms with Gasteiger partial charge in [-0.1, -0.05) is 19.9 Å². The largest absolute Gasteiger partial charge is 0.481 e. The fourth-order valence-electron chi connectivity index (χ4n) is 1.81. The molecule has 0 radical (unpaired) electrons. The molecule has 0 heterocycles. The molecule has 5 nitrogen and oxygen atoms in total. The van der Waals surface area contributed by atoms with Crippen molar-refractivity contribution in [1.82, 2.24) is 10.6 Å². The van der Waals surface area contributed by atoms with Crippen LogP contribution in [0.4, 0.5) is 4.79 Å². The van der Waals surface area contributed by atoms with Crippen LogP contribution in [0.15, 0.2) is 12.7 Å². The van der Waals surface area contributed by atoms with Crippen molar-refractivity contribution in [3.8, 4) is 0 Å². The van der Waals surface area contributed by atoms with E-state index in [-0.39, 0.29) is 18.5 Å². The number of carbonyl (C=O) groups excluding carboxylic acids is 1. The molecule has 2 atom stereocenters. The van der Waals surface area contributed by atoms with Crippen LogP contribution in [0, 0.1) is 11.8 Å². The first kappa shape index (κ1) is 17.5. The average Bonchev–Trinajstić information content (AvgIpc) is 2.32. The number of carbonyl (C=O) groups is 2. The molecular weight excluding hydrogens is 244 g/mol. The fourth-order valence-corrected chi connectivity index (χ4v) is 1.81. The Balaban J connectivity index is 3.95. The Hall–Kier alpha value is -1.52. The molecular formula is C14H26N2O3. The van der Waals surface area contributed by atoms with Gasteiger partial charge in [0.05, 0.1) is 0 Å². The molecule has 0 rings (SSSR count). The van der Waals surface area contributed by atoms with E-state index in [4.69, 9.17) is 5.11 Å². The van der Waals surface area contributed by atoms with Gasteiger partial charge in [0.15, 0.2) is 0 Å². The first-order chi connectivity index (χ1) is 8.86. The zero-order valence-electron chi connectivity index (χ0n) is 12.1. The lowest BCUT2D eigenvalue weighted by atomic mass is 9.88. The Bertz CT molecular complexity index is 303. The van der Waals surface area contributed by atoms with Crippen LogP contribution in [0.3, 0.4) is 0 Å². The maximum atomic E-state index is 11.5. The van der Waals surface area contributed by atoms with Crippen molar-refractivity contribution in [1.29, 1.82) is 0 Å². The van der Waals surface area contributed by atoms with E-state index in [2.05, 4.69) is 31.1 Å². The monoisotopic (exact) mass is 270 g/mol. The van der Waals surface area contributed by atoms with Crippen LogP contribution in [-0.4, -0.2) is 29.7 Å². The number of aliphatic carboxylic acids is 1. The van der Waals surface area contributed by atoms with E-state index in [0.29, 0.717) is 24.8 Å². The summed E-state index contributed by atoms with van der Waals surface area (Å²) in [6.07, 6.45) is 3.28. The van der Waals surface area contributed by atoms with E-state index in [9.17, 15) is 9.59 Å². The van der Waals surface area contributed by atoms with Crippen LogP contribution in [0.25, 0.3) is 0 Å². The second-order valence-electron chi connectivity index (χ2n) is 5.15. The van der Waals surface area contributed by atoms with Crippen molar-refractivity contribution in [2.75, 3.05) is 6.54 Å². The average molecular weight is 270 g/mol. The first-order valence-corrected chi connectivity index (χ1v) is 6.75. The van der Waals surface area contributed by atoms with Crippen LogP contribution in [0.5, 0.6) is 0 Å². The fraction of sp³-hybridized carbons (Fsp3) is 0.714. The third-order valence-electron chi connectivity index (χ3n) is 3.18. The summed E-state index contributed by atoms with van der Waals surface area (Å²) in [5, 5.41) is 14.2. The summed E-state index contributed by atoms with van der Waals surface area (Å²) < 4.78 is 0. The van der Waals surface area contributed by atoms with Gasteiger partial charge < -0.3 is 15.7 Å². The summed E-state index contributed by atoms with van der Waals surface area (Å²) in [7, 11) is 0. The number of urea groups is 1. The van der Waals surface area contributed by atoms with Gasteiger partial charge in [-0.05, 0) is 31.6 Å². The van der Waals surface area contributed by atoms with Crippen LogP contribution in [-0.2, 0) is 4.79 Å². The van der Waals surface area contributed by atoms with Gasteiger partial charge >= 0.3 is 12.0 Å². The molecule has 0 aliphatic heterocycles. The summed E-state index contributed by atoms with van der Waals surface area (Å²) in [6, 6.07) is -0.277. The summed E-state index contributed by atoms with van der Waals surface area (Å²) in [6.45, 7) is 10.1. The molecule has 0 aliphatic rings. The molecule has 3 N–H and O–H groups in total. The molecule has 0 aromatic rings.